The van der Waals surface area contributed by atoms with Gasteiger partial charge in [-0.05, 0) is 55.8 Å². The van der Waals surface area contributed by atoms with E-state index >= 15 is 0 Å². The van der Waals surface area contributed by atoms with Crippen molar-refractivity contribution < 1.29 is 13.2 Å². The van der Waals surface area contributed by atoms with Crippen LogP contribution in [0.4, 0.5) is 5.69 Å². The Bertz CT molecular complexity index is 1220. The summed E-state index contributed by atoms with van der Waals surface area (Å²) in [6.07, 6.45) is 3.71. The Labute approximate surface area is 208 Å². The molecule has 4 rings (SSSR count). The minimum atomic E-state index is -3.80. The predicted molar refractivity (Wildman–Crippen MR) is 138 cm³/mol. The normalized spacial score (nSPS) is 14.6. The van der Waals surface area contributed by atoms with E-state index in [2.05, 4.69) is 9.88 Å². The second kappa shape index (κ2) is 11.0. The Morgan fingerprint density at radius 2 is 1.43 bits per heavy atom. The van der Waals surface area contributed by atoms with Crippen molar-refractivity contribution >= 4 is 21.6 Å². The maximum absolute atomic E-state index is 13.5. The average Bonchev–Trinajstić information content (AvgIpc) is 2.86. The summed E-state index contributed by atoms with van der Waals surface area (Å²) in [6, 6.07) is 18.2. The third kappa shape index (κ3) is 6.26. The van der Waals surface area contributed by atoms with Gasteiger partial charge in [-0.1, -0.05) is 35.4 Å². The quantitative estimate of drug-likeness (QED) is 0.480. The van der Waals surface area contributed by atoms with Gasteiger partial charge in [0.05, 0.1) is 10.6 Å². The molecule has 0 N–H and O–H groups in total. The first-order valence-electron chi connectivity index (χ1n) is 11.9. The van der Waals surface area contributed by atoms with Crippen molar-refractivity contribution in [2.45, 2.75) is 31.7 Å². The van der Waals surface area contributed by atoms with E-state index < -0.39 is 10.0 Å². The second-order valence-electron chi connectivity index (χ2n) is 8.99. The molecule has 0 saturated carbocycles. The largest absolute Gasteiger partial charge is 0.340 e. The Morgan fingerprint density at radius 1 is 0.857 bits per heavy atom. The minimum Gasteiger partial charge on any atom is -0.340 e. The number of benzene rings is 2. The minimum absolute atomic E-state index is 0.0234. The van der Waals surface area contributed by atoms with Crippen LogP contribution in [0, 0.1) is 13.8 Å². The van der Waals surface area contributed by atoms with Crippen LogP contribution in [-0.4, -0.2) is 61.8 Å². The maximum atomic E-state index is 13.5. The van der Waals surface area contributed by atoms with Gasteiger partial charge in [-0.2, -0.15) is 0 Å². The summed E-state index contributed by atoms with van der Waals surface area (Å²) in [5.41, 5.74) is 3.80. The summed E-state index contributed by atoms with van der Waals surface area (Å²) in [7, 11) is -3.80. The molecule has 1 aliphatic rings. The number of carbonyl (C=O) groups is 1. The molecule has 1 fully saturated rings. The van der Waals surface area contributed by atoms with Crippen molar-refractivity contribution in [2.75, 3.05) is 37.0 Å². The Morgan fingerprint density at radius 3 is 2.03 bits per heavy atom. The number of aromatic nitrogens is 1. The van der Waals surface area contributed by atoms with Gasteiger partial charge in [-0.15, -0.1) is 0 Å². The first kappa shape index (κ1) is 24.9. The predicted octanol–water partition coefficient (Wildman–Crippen LogP) is 3.63. The molecule has 1 amide bonds. The molecule has 35 heavy (non-hydrogen) atoms. The molecule has 0 unspecified atom stereocenters. The average molecular weight is 493 g/mol. The van der Waals surface area contributed by atoms with Crippen molar-refractivity contribution in [1.82, 2.24) is 14.8 Å². The number of rotatable bonds is 8. The molecule has 2 aromatic carbocycles. The number of piperazine rings is 1. The molecule has 0 radical (unpaired) electrons. The molecule has 7 nitrogen and oxygen atoms in total. The van der Waals surface area contributed by atoms with Gasteiger partial charge in [0.1, 0.15) is 0 Å². The number of nitrogens with zero attached hydrogens (tertiary/aromatic N) is 4. The number of anilines is 1. The number of hydrogen-bond acceptors (Lipinski definition) is 5. The molecule has 1 aliphatic heterocycles. The van der Waals surface area contributed by atoms with Crippen molar-refractivity contribution in [3.05, 3.63) is 89.7 Å². The molecule has 0 aliphatic carbocycles. The summed E-state index contributed by atoms with van der Waals surface area (Å²) < 4.78 is 28.4. The van der Waals surface area contributed by atoms with Crippen LogP contribution in [0.25, 0.3) is 0 Å². The molecule has 0 bridgehead atoms. The Kier molecular flexibility index (Phi) is 7.83. The fourth-order valence-corrected chi connectivity index (χ4v) is 5.66. The second-order valence-corrected chi connectivity index (χ2v) is 10.9. The van der Waals surface area contributed by atoms with Crippen LogP contribution >= 0.6 is 0 Å². The van der Waals surface area contributed by atoms with E-state index in [0.29, 0.717) is 18.8 Å². The highest BCUT2D eigenvalue weighted by Gasteiger charge is 2.27. The van der Waals surface area contributed by atoms with Crippen molar-refractivity contribution in [3.8, 4) is 0 Å². The number of sulfonamides is 1. The third-order valence-electron chi connectivity index (χ3n) is 6.34. The molecule has 2 heterocycles. The zero-order chi connectivity index (χ0) is 24.8. The first-order chi connectivity index (χ1) is 16.8. The van der Waals surface area contributed by atoms with E-state index in [0.717, 1.165) is 30.8 Å². The van der Waals surface area contributed by atoms with Crippen LogP contribution < -0.4 is 4.31 Å². The summed E-state index contributed by atoms with van der Waals surface area (Å²) in [4.78, 5) is 21.5. The van der Waals surface area contributed by atoms with Crippen molar-refractivity contribution in [3.63, 3.8) is 0 Å². The highest BCUT2D eigenvalue weighted by atomic mass is 32.2. The van der Waals surface area contributed by atoms with Gasteiger partial charge in [0.25, 0.3) is 10.0 Å². The maximum Gasteiger partial charge on any atom is 0.264 e. The fourth-order valence-electron chi connectivity index (χ4n) is 4.19. The standard InChI is InChI=1S/C27H32N4O3S/c1-22-3-7-25(8-4-22)31(35(33,34)26-9-5-23(2)6-10-26)16-13-27(32)30-19-17-29(18-20-30)21-24-11-14-28-15-12-24/h3-12,14-15H,13,16-21H2,1-2H3. The topological polar surface area (TPSA) is 73.8 Å². The van der Waals surface area contributed by atoms with Crippen LogP contribution in [0.15, 0.2) is 78.0 Å². The molecule has 3 aromatic rings. The summed E-state index contributed by atoms with van der Waals surface area (Å²) >= 11 is 0. The van der Waals surface area contributed by atoms with Gasteiger partial charge in [0, 0.05) is 58.1 Å². The van der Waals surface area contributed by atoms with Gasteiger partial charge >= 0.3 is 0 Å². The van der Waals surface area contributed by atoms with E-state index in [1.165, 1.54) is 9.87 Å². The van der Waals surface area contributed by atoms with Crippen LogP contribution in [-0.2, 0) is 21.4 Å². The SMILES string of the molecule is Cc1ccc(N(CCC(=O)N2CCN(Cc3ccncc3)CC2)S(=O)(=O)c2ccc(C)cc2)cc1. The Balaban J connectivity index is 1.42. The lowest BCUT2D eigenvalue weighted by molar-refractivity contribution is -0.132. The monoisotopic (exact) mass is 492 g/mol. The third-order valence-corrected chi connectivity index (χ3v) is 8.18. The summed E-state index contributed by atoms with van der Waals surface area (Å²) in [5, 5.41) is 0. The van der Waals surface area contributed by atoms with Crippen LogP contribution in [0.5, 0.6) is 0 Å². The van der Waals surface area contributed by atoms with Crippen molar-refractivity contribution in [2.24, 2.45) is 0 Å². The number of amides is 1. The van der Waals surface area contributed by atoms with Crippen molar-refractivity contribution in [1.29, 1.82) is 0 Å². The smallest absolute Gasteiger partial charge is 0.264 e. The Hall–Kier alpha value is -3.23. The van der Waals surface area contributed by atoms with Gasteiger partial charge in [0.15, 0.2) is 0 Å². The lowest BCUT2D eigenvalue weighted by Gasteiger charge is -2.35. The molecule has 1 saturated heterocycles. The van der Waals surface area contributed by atoms with E-state index in [1.807, 2.05) is 43.0 Å². The number of aryl methyl sites for hydroxylation is 2. The first-order valence-corrected chi connectivity index (χ1v) is 13.3. The van der Waals surface area contributed by atoms with Gasteiger partial charge < -0.3 is 4.90 Å². The zero-order valence-electron chi connectivity index (χ0n) is 20.3. The van der Waals surface area contributed by atoms with Gasteiger partial charge in [0.2, 0.25) is 5.91 Å². The molecular formula is C27H32N4O3S. The highest BCUT2D eigenvalue weighted by molar-refractivity contribution is 7.92. The number of carbonyl (C=O) groups excluding carboxylic acids is 1. The zero-order valence-corrected chi connectivity index (χ0v) is 21.1. The molecule has 0 atom stereocenters. The van der Waals surface area contributed by atoms with E-state index in [1.54, 1.807) is 48.8 Å². The number of hydrogen-bond donors (Lipinski definition) is 0. The molecular weight excluding hydrogens is 460 g/mol. The highest BCUT2D eigenvalue weighted by Crippen LogP contribution is 2.25. The number of pyridine rings is 1. The summed E-state index contributed by atoms with van der Waals surface area (Å²) in [6.45, 7) is 7.66. The lowest BCUT2D eigenvalue weighted by atomic mass is 10.2. The van der Waals surface area contributed by atoms with Gasteiger partial charge in [-0.3, -0.25) is 19.0 Å². The van der Waals surface area contributed by atoms with E-state index in [-0.39, 0.29) is 23.8 Å². The van der Waals surface area contributed by atoms with Crippen LogP contribution in [0.1, 0.15) is 23.1 Å². The molecule has 1 aromatic heterocycles. The van der Waals surface area contributed by atoms with Crippen LogP contribution in [0.2, 0.25) is 0 Å². The molecule has 184 valence electrons. The fraction of sp³-hybridized carbons (Fsp3) is 0.333. The molecule has 0 spiro atoms. The van der Waals surface area contributed by atoms with E-state index in [9.17, 15) is 13.2 Å². The molecule has 8 heteroatoms. The van der Waals surface area contributed by atoms with Crippen LogP contribution in [0.3, 0.4) is 0 Å². The summed E-state index contributed by atoms with van der Waals surface area (Å²) in [5.74, 6) is -0.0234. The van der Waals surface area contributed by atoms with Gasteiger partial charge in [-0.25, -0.2) is 8.42 Å². The lowest BCUT2D eigenvalue weighted by Crippen LogP contribution is -2.49. The van der Waals surface area contributed by atoms with E-state index in [4.69, 9.17) is 0 Å².